The molecule has 1 saturated heterocycles. The fourth-order valence-electron chi connectivity index (χ4n) is 2.05. The summed E-state index contributed by atoms with van der Waals surface area (Å²) >= 11 is 0. The Morgan fingerprint density at radius 2 is 2.15 bits per heavy atom. The Hall–Kier alpha value is -1.35. The van der Waals surface area contributed by atoms with Gasteiger partial charge in [-0.25, -0.2) is 13.2 Å². The molecule has 116 valence electrons. The number of rotatable bonds is 7. The predicted molar refractivity (Wildman–Crippen MR) is 71.3 cm³/mol. The number of nitrogens with one attached hydrogen (secondary N) is 1. The summed E-state index contributed by atoms with van der Waals surface area (Å²) in [5.41, 5.74) is 0. The number of hydrogen-bond donors (Lipinski definition) is 2. The van der Waals surface area contributed by atoms with E-state index in [1.165, 1.54) is 0 Å². The second kappa shape index (κ2) is 7.44. The molecule has 0 saturated carbocycles. The molecule has 0 aromatic carbocycles. The number of amides is 2. The van der Waals surface area contributed by atoms with Crippen LogP contribution in [-0.4, -0.2) is 74.8 Å². The summed E-state index contributed by atoms with van der Waals surface area (Å²) in [4.78, 5) is 23.9. The lowest BCUT2D eigenvalue weighted by atomic mass is 10.2. The Kier molecular flexibility index (Phi) is 6.21. The monoisotopic (exact) mass is 308 g/mol. The van der Waals surface area contributed by atoms with E-state index in [9.17, 15) is 18.0 Å². The Morgan fingerprint density at radius 3 is 2.65 bits per heavy atom. The fraction of sp³-hybridized carbons (Fsp3) is 0.818. The van der Waals surface area contributed by atoms with Crippen LogP contribution in [0.5, 0.6) is 0 Å². The number of methoxy groups -OCH3 is 1. The number of carboxylic acid groups (broad SMARTS) is 1. The molecule has 0 aromatic rings. The molecule has 20 heavy (non-hydrogen) atoms. The standard InChI is InChI=1S/C11H20N2O6S/c1-19-5-2-4-12-11(16)13(7-10(14)15)9-3-6-20(17,18)8-9/h9H,2-8H2,1H3,(H,12,16)(H,14,15). The minimum Gasteiger partial charge on any atom is -0.480 e. The third-order valence-electron chi connectivity index (χ3n) is 3.02. The highest BCUT2D eigenvalue weighted by molar-refractivity contribution is 7.91. The van der Waals surface area contributed by atoms with E-state index in [0.717, 1.165) is 4.90 Å². The Morgan fingerprint density at radius 1 is 1.45 bits per heavy atom. The van der Waals surface area contributed by atoms with Gasteiger partial charge in [-0.2, -0.15) is 0 Å². The van der Waals surface area contributed by atoms with Crippen LogP contribution >= 0.6 is 0 Å². The quantitative estimate of drug-likeness (QED) is 0.602. The fourth-order valence-corrected chi connectivity index (χ4v) is 3.78. The van der Waals surface area contributed by atoms with Gasteiger partial charge in [0.2, 0.25) is 0 Å². The van der Waals surface area contributed by atoms with Crippen LogP contribution in [0.25, 0.3) is 0 Å². The smallest absolute Gasteiger partial charge is 0.323 e. The van der Waals surface area contributed by atoms with Crippen LogP contribution in [0.3, 0.4) is 0 Å². The van der Waals surface area contributed by atoms with Gasteiger partial charge in [0, 0.05) is 26.3 Å². The Labute approximate surface area is 118 Å². The van der Waals surface area contributed by atoms with Crippen molar-refractivity contribution in [3.05, 3.63) is 0 Å². The van der Waals surface area contributed by atoms with Gasteiger partial charge in [0.05, 0.1) is 11.5 Å². The molecule has 1 heterocycles. The van der Waals surface area contributed by atoms with E-state index in [-0.39, 0.29) is 17.9 Å². The van der Waals surface area contributed by atoms with Crippen LogP contribution in [0, 0.1) is 0 Å². The second-order valence-electron chi connectivity index (χ2n) is 4.66. The van der Waals surface area contributed by atoms with E-state index in [1.807, 2.05) is 0 Å². The Balaban J connectivity index is 2.60. The molecule has 0 aliphatic carbocycles. The molecule has 1 rings (SSSR count). The van der Waals surface area contributed by atoms with Crippen LogP contribution in [0.1, 0.15) is 12.8 Å². The lowest BCUT2D eigenvalue weighted by Gasteiger charge is -2.26. The number of urea groups is 1. The first-order chi connectivity index (χ1) is 9.35. The van der Waals surface area contributed by atoms with Crippen molar-refractivity contribution in [1.82, 2.24) is 10.2 Å². The molecular weight excluding hydrogens is 288 g/mol. The predicted octanol–water partition coefficient (Wildman–Crippen LogP) is -0.694. The number of sulfone groups is 1. The molecule has 1 unspecified atom stereocenters. The van der Waals surface area contributed by atoms with Crippen molar-refractivity contribution in [2.45, 2.75) is 18.9 Å². The molecule has 2 amide bonds. The highest BCUT2D eigenvalue weighted by Gasteiger charge is 2.35. The highest BCUT2D eigenvalue weighted by atomic mass is 32.2. The van der Waals surface area contributed by atoms with Gasteiger partial charge >= 0.3 is 12.0 Å². The second-order valence-corrected chi connectivity index (χ2v) is 6.89. The summed E-state index contributed by atoms with van der Waals surface area (Å²) in [5, 5.41) is 11.4. The van der Waals surface area contributed by atoms with Crippen molar-refractivity contribution < 1.29 is 27.9 Å². The maximum Gasteiger partial charge on any atom is 0.323 e. The largest absolute Gasteiger partial charge is 0.480 e. The van der Waals surface area contributed by atoms with Crippen molar-refractivity contribution in [2.75, 3.05) is 38.3 Å². The van der Waals surface area contributed by atoms with Crippen molar-refractivity contribution in [2.24, 2.45) is 0 Å². The maximum absolute atomic E-state index is 12.0. The van der Waals surface area contributed by atoms with Gasteiger partial charge in [-0.1, -0.05) is 0 Å². The number of aliphatic carboxylic acids is 1. The van der Waals surface area contributed by atoms with Crippen LogP contribution in [0.2, 0.25) is 0 Å². The van der Waals surface area contributed by atoms with Crippen LogP contribution in [-0.2, 0) is 19.4 Å². The van der Waals surface area contributed by atoms with E-state index >= 15 is 0 Å². The van der Waals surface area contributed by atoms with E-state index in [2.05, 4.69) is 5.32 Å². The summed E-state index contributed by atoms with van der Waals surface area (Å²) in [7, 11) is -1.63. The number of nitrogens with zero attached hydrogens (tertiary/aromatic N) is 1. The lowest BCUT2D eigenvalue weighted by Crippen LogP contribution is -2.49. The van der Waals surface area contributed by atoms with Gasteiger partial charge < -0.3 is 20.1 Å². The molecule has 1 aliphatic rings. The minimum atomic E-state index is -3.17. The first-order valence-corrected chi connectivity index (χ1v) is 8.13. The van der Waals surface area contributed by atoms with Crippen LogP contribution < -0.4 is 5.32 Å². The number of carboxylic acids is 1. The van der Waals surface area contributed by atoms with Gasteiger partial charge in [0.25, 0.3) is 0 Å². The number of ether oxygens (including phenoxy) is 1. The summed E-state index contributed by atoms with van der Waals surface area (Å²) in [6.45, 7) is 0.329. The molecule has 0 bridgehead atoms. The van der Waals surface area contributed by atoms with Crippen LogP contribution in [0.4, 0.5) is 4.79 Å². The van der Waals surface area contributed by atoms with Crippen molar-refractivity contribution in [3.63, 3.8) is 0 Å². The van der Waals surface area contributed by atoms with Gasteiger partial charge in [0.1, 0.15) is 6.54 Å². The Bertz CT molecular complexity index is 450. The van der Waals surface area contributed by atoms with Crippen molar-refractivity contribution in [1.29, 1.82) is 0 Å². The van der Waals surface area contributed by atoms with E-state index < -0.39 is 34.4 Å². The molecule has 2 N–H and O–H groups in total. The maximum atomic E-state index is 12.0. The zero-order valence-electron chi connectivity index (χ0n) is 11.4. The highest BCUT2D eigenvalue weighted by Crippen LogP contribution is 2.17. The molecule has 0 radical (unpaired) electrons. The molecule has 9 heteroatoms. The van der Waals surface area contributed by atoms with Gasteiger partial charge in [-0.15, -0.1) is 0 Å². The average Bonchev–Trinajstić information content (AvgIpc) is 2.71. The first-order valence-electron chi connectivity index (χ1n) is 6.31. The van der Waals surface area contributed by atoms with Gasteiger partial charge in [-0.3, -0.25) is 4.79 Å². The molecule has 0 spiro atoms. The summed E-state index contributed by atoms with van der Waals surface area (Å²) in [6, 6.07) is -1.12. The molecule has 1 atom stereocenters. The van der Waals surface area contributed by atoms with E-state index in [4.69, 9.17) is 9.84 Å². The summed E-state index contributed by atoms with van der Waals surface area (Å²) in [5.74, 6) is -1.35. The van der Waals surface area contributed by atoms with E-state index in [0.29, 0.717) is 19.6 Å². The molecule has 1 aliphatic heterocycles. The average molecular weight is 308 g/mol. The minimum absolute atomic E-state index is 0.00919. The zero-order valence-corrected chi connectivity index (χ0v) is 12.2. The van der Waals surface area contributed by atoms with Crippen LogP contribution in [0.15, 0.2) is 0 Å². The molecule has 0 aromatic heterocycles. The number of carbonyl (C=O) groups is 2. The zero-order chi connectivity index (χ0) is 15.2. The first kappa shape index (κ1) is 16.7. The molecule has 1 fully saturated rings. The number of carbonyl (C=O) groups excluding carboxylic acids is 1. The molecular formula is C11H20N2O6S. The topological polar surface area (TPSA) is 113 Å². The third kappa shape index (κ3) is 5.33. The van der Waals surface area contributed by atoms with Gasteiger partial charge in [-0.05, 0) is 12.8 Å². The third-order valence-corrected chi connectivity index (χ3v) is 4.77. The van der Waals surface area contributed by atoms with E-state index in [1.54, 1.807) is 7.11 Å². The SMILES string of the molecule is COCCCNC(=O)N(CC(=O)O)C1CCS(=O)(=O)C1. The van der Waals surface area contributed by atoms with Crippen molar-refractivity contribution >= 4 is 21.8 Å². The summed E-state index contributed by atoms with van der Waals surface area (Å²) < 4.78 is 27.7. The molecule has 8 nitrogen and oxygen atoms in total. The lowest BCUT2D eigenvalue weighted by molar-refractivity contribution is -0.138. The van der Waals surface area contributed by atoms with Gasteiger partial charge in [0.15, 0.2) is 9.84 Å². The normalized spacial score (nSPS) is 20.6. The summed E-state index contributed by atoms with van der Waals surface area (Å²) in [6.07, 6.45) is 0.882. The van der Waals surface area contributed by atoms with Crippen molar-refractivity contribution in [3.8, 4) is 0 Å². The number of hydrogen-bond acceptors (Lipinski definition) is 5.